The van der Waals surface area contributed by atoms with Crippen molar-refractivity contribution in [2.45, 2.75) is 31.2 Å². The molecule has 0 radical (unpaired) electrons. The normalized spacial score (nSPS) is 13.2. The predicted octanol–water partition coefficient (Wildman–Crippen LogP) is 1.90. The fraction of sp³-hybridized carbons (Fsp3) is 0.462. The Balaban J connectivity index is 3.12. The third kappa shape index (κ3) is 4.18. The Labute approximate surface area is 124 Å². The van der Waals surface area contributed by atoms with Gasteiger partial charge < -0.3 is 5.11 Å². The molecule has 0 aliphatic heterocycles. The molecule has 1 aromatic rings. The molecule has 20 heavy (non-hydrogen) atoms. The molecule has 0 aliphatic rings. The van der Waals surface area contributed by atoms with Gasteiger partial charge in [-0.2, -0.15) is 5.26 Å². The summed E-state index contributed by atoms with van der Waals surface area (Å²) in [5.41, 5.74) is -0.0945. The van der Waals surface area contributed by atoms with Crippen LogP contribution in [0.1, 0.15) is 25.8 Å². The largest absolute Gasteiger partial charge is 0.395 e. The summed E-state index contributed by atoms with van der Waals surface area (Å²) in [5, 5.41) is 18.4. The zero-order chi connectivity index (χ0) is 15.3. The maximum absolute atomic E-state index is 12.3. The number of benzene rings is 1. The van der Waals surface area contributed by atoms with E-state index in [0.29, 0.717) is 6.42 Å². The minimum atomic E-state index is -3.90. The van der Waals surface area contributed by atoms with Crippen LogP contribution in [0.25, 0.3) is 0 Å². The smallest absolute Gasteiger partial charge is 0.242 e. The number of nitriles is 1. The van der Waals surface area contributed by atoms with E-state index in [4.69, 9.17) is 16.9 Å². The highest BCUT2D eigenvalue weighted by Gasteiger charge is 2.24. The van der Waals surface area contributed by atoms with Gasteiger partial charge in [-0.05, 0) is 24.5 Å². The SMILES string of the molecule is CC(C)CC(CO)NS(=O)(=O)c1cccc(Cl)c1C#N. The fourth-order valence-corrected chi connectivity index (χ4v) is 3.54. The lowest BCUT2D eigenvalue weighted by Crippen LogP contribution is -2.38. The molecule has 0 heterocycles. The van der Waals surface area contributed by atoms with Crippen LogP contribution >= 0.6 is 11.6 Å². The molecule has 1 atom stereocenters. The minimum Gasteiger partial charge on any atom is -0.395 e. The van der Waals surface area contributed by atoms with Crippen molar-refractivity contribution in [2.24, 2.45) is 5.92 Å². The lowest BCUT2D eigenvalue weighted by atomic mass is 10.1. The topological polar surface area (TPSA) is 90.2 Å². The summed E-state index contributed by atoms with van der Waals surface area (Å²) in [6.07, 6.45) is 0.498. The van der Waals surface area contributed by atoms with Gasteiger partial charge in [0.1, 0.15) is 11.0 Å². The first-order valence-corrected chi connectivity index (χ1v) is 7.99. The third-order valence-electron chi connectivity index (χ3n) is 2.67. The van der Waals surface area contributed by atoms with Gasteiger partial charge >= 0.3 is 0 Å². The summed E-state index contributed by atoms with van der Waals surface area (Å²) in [5.74, 6) is 0.227. The van der Waals surface area contributed by atoms with Crippen LogP contribution in [-0.4, -0.2) is 26.2 Å². The van der Waals surface area contributed by atoms with Gasteiger partial charge in [0, 0.05) is 6.04 Å². The monoisotopic (exact) mass is 316 g/mol. The molecule has 0 aromatic heterocycles. The molecule has 1 rings (SSSR count). The van der Waals surface area contributed by atoms with Gasteiger partial charge in [-0.1, -0.05) is 31.5 Å². The first kappa shape index (κ1) is 16.9. The number of nitrogens with one attached hydrogen (secondary N) is 1. The number of rotatable bonds is 6. The second kappa shape index (κ2) is 7.04. The molecule has 0 saturated carbocycles. The summed E-state index contributed by atoms with van der Waals surface area (Å²) in [6, 6.07) is 5.43. The van der Waals surface area contributed by atoms with Crippen molar-refractivity contribution >= 4 is 21.6 Å². The van der Waals surface area contributed by atoms with Crippen molar-refractivity contribution in [1.82, 2.24) is 4.72 Å². The Kier molecular flexibility index (Phi) is 5.96. The average Bonchev–Trinajstić information content (AvgIpc) is 2.36. The van der Waals surface area contributed by atoms with Gasteiger partial charge in [-0.3, -0.25) is 0 Å². The van der Waals surface area contributed by atoms with Crippen molar-refractivity contribution in [2.75, 3.05) is 6.61 Å². The molecule has 5 nitrogen and oxygen atoms in total. The van der Waals surface area contributed by atoms with Gasteiger partial charge in [-0.25, -0.2) is 13.1 Å². The highest BCUT2D eigenvalue weighted by Crippen LogP contribution is 2.23. The number of sulfonamides is 1. The molecule has 0 saturated heterocycles. The van der Waals surface area contributed by atoms with E-state index in [-0.39, 0.29) is 28.0 Å². The number of nitrogens with zero attached hydrogens (tertiary/aromatic N) is 1. The number of halogens is 1. The van der Waals surface area contributed by atoms with Crippen LogP contribution in [0.15, 0.2) is 23.1 Å². The Morgan fingerprint density at radius 2 is 2.10 bits per heavy atom. The van der Waals surface area contributed by atoms with Crippen molar-refractivity contribution in [1.29, 1.82) is 5.26 Å². The van der Waals surface area contributed by atoms with E-state index in [0.717, 1.165) is 0 Å². The summed E-state index contributed by atoms with van der Waals surface area (Å²) >= 11 is 5.83. The molecular weight excluding hydrogens is 300 g/mol. The van der Waals surface area contributed by atoms with E-state index in [9.17, 15) is 13.5 Å². The van der Waals surface area contributed by atoms with E-state index in [1.807, 2.05) is 13.8 Å². The van der Waals surface area contributed by atoms with Crippen molar-refractivity contribution in [3.05, 3.63) is 28.8 Å². The Morgan fingerprint density at radius 1 is 1.45 bits per heavy atom. The maximum Gasteiger partial charge on any atom is 0.242 e. The standard InChI is InChI=1S/C13H17ClN2O3S/c1-9(2)6-10(8-17)16-20(18,19)13-5-3-4-12(14)11(13)7-15/h3-5,9-10,16-17H,6,8H2,1-2H3. The fourth-order valence-electron chi connectivity index (χ4n) is 1.85. The Hall–Kier alpha value is -1.13. The van der Waals surface area contributed by atoms with Crippen LogP contribution in [0.2, 0.25) is 5.02 Å². The molecule has 1 unspecified atom stereocenters. The maximum atomic E-state index is 12.3. The first-order valence-electron chi connectivity index (χ1n) is 6.13. The van der Waals surface area contributed by atoms with Crippen LogP contribution in [0.5, 0.6) is 0 Å². The van der Waals surface area contributed by atoms with Crippen LogP contribution in [0.3, 0.4) is 0 Å². The zero-order valence-electron chi connectivity index (χ0n) is 11.3. The highest BCUT2D eigenvalue weighted by molar-refractivity contribution is 7.89. The van der Waals surface area contributed by atoms with Crippen LogP contribution < -0.4 is 4.72 Å². The van der Waals surface area contributed by atoms with Gasteiger partial charge in [0.2, 0.25) is 10.0 Å². The number of aliphatic hydroxyl groups is 1. The second-order valence-electron chi connectivity index (χ2n) is 4.86. The summed E-state index contributed by atoms with van der Waals surface area (Å²) in [4.78, 5) is -0.172. The molecular formula is C13H17ClN2O3S. The lowest BCUT2D eigenvalue weighted by molar-refractivity contribution is 0.240. The van der Waals surface area contributed by atoms with Crippen LogP contribution in [0.4, 0.5) is 0 Å². The van der Waals surface area contributed by atoms with E-state index in [1.54, 1.807) is 6.07 Å². The van der Waals surface area contributed by atoms with E-state index >= 15 is 0 Å². The summed E-state index contributed by atoms with van der Waals surface area (Å²) in [6.45, 7) is 3.55. The van der Waals surface area contributed by atoms with Crippen molar-refractivity contribution < 1.29 is 13.5 Å². The zero-order valence-corrected chi connectivity index (χ0v) is 12.9. The van der Waals surface area contributed by atoms with E-state index in [2.05, 4.69) is 4.72 Å². The molecule has 0 bridgehead atoms. The lowest BCUT2D eigenvalue weighted by Gasteiger charge is -2.18. The highest BCUT2D eigenvalue weighted by atomic mass is 35.5. The molecule has 0 amide bonds. The second-order valence-corrected chi connectivity index (χ2v) is 6.94. The van der Waals surface area contributed by atoms with Gasteiger partial charge in [-0.15, -0.1) is 0 Å². The van der Waals surface area contributed by atoms with Crippen molar-refractivity contribution in [3.8, 4) is 6.07 Å². The quantitative estimate of drug-likeness (QED) is 0.838. The van der Waals surface area contributed by atoms with E-state index in [1.165, 1.54) is 18.2 Å². The summed E-state index contributed by atoms with van der Waals surface area (Å²) in [7, 11) is -3.90. The minimum absolute atomic E-state index is 0.0831. The first-order chi connectivity index (χ1) is 9.31. The molecule has 110 valence electrons. The molecule has 0 aliphatic carbocycles. The van der Waals surface area contributed by atoms with Gasteiger partial charge in [0.25, 0.3) is 0 Å². The van der Waals surface area contributed by atoms with Crippen molar-refractivity contribution in [3.63, 3.8) is 0 Å². The average molecular weight is 317 g/mol. The molecule has 2 N–H and O–H groups in total. The number of aliphatic hydroxyl groups excluding tert-OH is 1. The summed E-state index contributed by atoms with van der Waals surface area (Å²) < 4.78 is 27.0. The van der Waals surface area contributed by atoms with E-state index < -0.39 is 16.1 Å². The van der Waals surface area contributed by atoms with Gasteiger partial charge in [0.15, 0.2) is 0 Å². The Bertz CT molecular complexity index is 609. The third-order valence-corrected chi connectivity index (χ3v) is 4.55. The number of hydrogen-bond donors (Lipinski definition) is 2. The molecule has 0 fully saturated rings. The number of hydrogen-bond acceptors (Lipinski definition) is 4. The van der Waals surface area contributed by atoms with Crippen LogP contribution in [-0.2, 0) is 10.0 Å². The Morgan fingerprint density at radius 3 is 2.60 bits per heavy atom. The predicted molar refractivity (Wildman–Crippen MR) is 76.8 cm³/mol. The molecule has 7 heteroatoms. The molecule has 0 spiro atoms. The molecule has 1 aromatic carbocycles. The van der Waals surface area contributed by atoms with Crippen LogP contribution in [0, 0.1) is 17.2 Å². The van der Waals surface area contributed by atoms with Gasteiger partial charge in [0.05, 0.1) is 17.2 Å².